The third-order valence-electron chi connectivity index (χ3n) is 2.64. The van der Waals surface area contributed by atoms with Gasteiger partial charge in [-0.05, 0) is 31.4 Å². The Morgan fingerprint density at radius 3 is 2.67 bits per heavy atom. The molecule has 0 fully saturated rings. The highest BCUT2D eigenvalue weighted by molar-refractivity contribution is 5.81. The molecular formula is C13H17NO. The topological polar surface area (TPSA) is 14.2 Å². The lowest BCUT2D eigenvalue weighted by Gasteiger charge is -2.13. The molecule has 0 radical (unpaired) electrons. The molecule has 1 aromatic heterocycles. The van der Waals surface area contributed by atoms with Crippen molar-refractivity contribution in [2.24, 2.45) is 0 Å². The third-order valence-corrected chi connectivity index (χ3v) is 2.64. The molecule has 80 valence electrons. The summed E-state index contributed by atoms with van der Waals surface area (Å²) in [6.45, 7) is 5.07. The van der Waals surface area contributed by atoms with Crippen molar-refractivity contribution in [2.45, 2.75) is 26.5 Å². The minimum atomic E-state index is 0.468. The standard InChI is InChI=1S/C13H17NO/c1-10(2)14-12(9-15-3)8-11-6-4-5-7-13(11)14/h4-8,10H,9H2,1-3H3. The second-order valence-electron chi connectivity index (χ2n) is 4.09. The Hall–Kier alpha value is -1.28. The lowest BCUT2D eigenvalue weighted by molar-refractivity contribution is 0.177. The number of ether oxygens (including phenoxy) is 1. The average Bonchev–Trinajstić information content (AvgIpc) is 2.56. The number of methoxy groups -OCH3 is 1. The predicted molar refractivity (Wildman–Crippen MR) is 63.0 cm³/mol. The monoisotopic (exact) mass is 203 g/mol. The molecule has 0 aliphatic carbocycles. The average molecular weight is 203 g/mol. The number of hydrogen-bond donors (Lipinski definition) is 0. The van der Waals surface area contributed by atoms with Crippen LogP contribution >= 0.6 is 0 Å². The van der Waals surface area contributed by atoms with E-state index in [2.05, 4.69) is 48.7 Å². The normalized spacial score (nSPS) is 11.5. The highest BCUT2D eigenvalue weighted by Gasteiger charge is 2.10. The Kier molecular flexibility index (Phi) is 2.78. The molecule has 0 aliphatic heterocycles. The summed E-state index contributed by atoms with van der Waals surface area (Å²) in [5, 5.41) is 1.29. The van der Waals surface area contributed by atoms with E-state index >= 15 is 0 Å². The first-order valence-electron chi connectivity index (χ1n) is 5.32. The van der Waals surface area contributed by atoms with Crippen LogP contribution < -0.4 is 0 Å². The maximum atomic E-state index is 5.23. The molecule has 0 amide bonds. The molecule has 2 heteroatoms. The summed E-state index contributed by atoms with van der Waals surface area (Å²) in [4.78, 5) is 0. The van der Waals surface area contributed by atoms with Crippen molar-refractivity contribution in [2.75, 3.05) is 7.11 Å². The second kappa shape index (κ2) is 4.07. The van der Waals surface area contributed by atoms with Crippen LogP contribution in [-0.2, 0) is 11.3 Å². The Morgan fingerprint density at radius 1 is 1.27 bits per heavy atom. The number of fused-ring (bicyclic) bond motifs is 1. The molecule has 0 saturated heterocycles. The van der Waals surface area contributed by atoms with Crippen LogP contribution in [0.4, 0.5) is 0 Å². The summed E-state index contributed by atoms with van der Waals surface area (Å²) in [7, 11) is 1.74. The van der Waals surface area contributed by atoms with Gasteiger partial charge < -0.3 is 9.30 Å². The summed E-state index contributed by atoms with van der Waals surface area (Å²) in [6.07, 6.45) is 0. The number of rotatable bonds is 3. The van der Waals surface area contributed by atoms with Crippen molar-refractivity contribution in [3.05, 3.63) is 36.0 Å². The van der Waals surface area contributed by atoms with Gasteiger partial charge in [0.2, 0.25) is 0 Å². The van der Waals surface area contributed by atoms with Gasteiger partial charge in [0.05, 0.1) is 6.61 Å². The first kappa shape index (κ1) is 10.2. The van der Waals surface area contributed by atoms with Crippen LogP contribution in [-0.4, -0.2) is 11.7 Å². The fraction of sp³-hybridized carbons (Fsp3) is 0.385. The Balaban J connectivity index is 2.63. The van der Waals surface area contributed by atoms with E-state index in [0.717, 1.165) is 0 Å². The summed E-state index contributed by atoms with van der Waals surface area (Å²) < 4.78 is 7.56. The fourth-order valence-electron chi connectivity index (χ4n) is 2.10. The van der Waals surface area contributed by atoms with Crippen molar-refractivity contribution in [1.82, 2.24) is 4.57 Å². The van der Waals surface area contributed by atoms with E-state index in [1.54, 1.807) is 7.11 Å². The molecule has 0 bridgehead atoms. The van der Waals surface area contributed by atoms with Crippen LogP contribution in [0.1, 0.15) is 25.6 Å². The highest BCUT2D eigenvalue weighted by atomic mass is 16.5. The maximum absolute atomic E-state index is 5.23. The Morgan fingerprint density at radius 2 is 2.00 bits per heavy atom. The minimum Gasteiger partial charge on any atom is -0.378 e. The number of aromatic nitrogens is 1. The van der Waals surface area contributed by atoms with Crippen molar-refractivity contribution in [1.29, 1.82) is 0 Å². The van der Waals surface area contributed by atoms with E-state index in [1.807, 2.05) is 0 Å². The van der Waals surface area contributed by atoms with Gasteiger partial charge in [-0.2, -0.15) is 0 Å². The zero-order chi connectivity index (χ0) is 10.8. The van der Waals surface area contributed by atoms with Gasteiger partial charge in [-0.1, -0.05) is 18.2 Å². The van der Waals surface area contributed by atoms with Gasteiger partial charge in [-0.15, -0.1) is 0 Å². The lowest BCUT2D eigenvalue weighted by atomic mass is 10.2. The smallest absolute Gasteiger partial charge is 0.0864 e. The van der Waals surface area contributed by atoms with E-state index in [4.69, 9.17) is 4.74 Å². The second-order valence-corrected chi connectivity index (χ2v) is 4.09. The molecule has 1 heterocycles. The summed E-state index contributed by atoms with van der Waals surface area (Å²) in [5.41, 5.74) is 2.54. The Bertz CT molecular complexity index is 457. The van der Waals surface area contributed by atoms with Crippen molar-refractivity contribution >= 4 is 10.9 Å². The van der Waals surface area contributed by atoms with Gasteiger partial charge in [0.15, 0.2) is 0 Å². The van der Waals surface area contributed by atoms with Gasteiger partial charge >= 0.3 is 0 Å². The fourth-order valence-corrected chi connectivity index (χ4v) is 2.10. The van der Waals surface area contributed by atoms with Gasteiger partial charge in [-0.25, -0.2) is 0 Å². The zero-order valence-electron chi connectivity index (χ0n) is 9.53. The largest absolute Gasteiger partial charge is 0.378 e. The van der Waals surface area contributed by atoms with Crippen LogP contribution in [0.25, 0.3) is 10.9 Å². The highest BCUT2D eigenvalue weighted by Crippen LogP contribution is 2.24. The van der Waals surface area contributed by atoms with Gasteiger partial charge in [0.1, 0.15) is 0 Å². The van der Waals surface area contributed by atoms with Crippen molar-refractivity contribution in [3.8, 4) is 0 Å². The van der Waals surface area contributed by atoms with E-state index in [1.165, 1.54) is 16.6 Å². The maximum Gasteiger partial charge on any atom is 0.0864 e. The van der Waals surface area contributed by atoms with Crippen LogP contribution in [0, 0.1) is 0 Å². The summed E-state index contributed by atoms with van der Waals surface area (Å²) in [5.74, 6) is 0. The number of hydrogen-bond acceptors (Lipinski definition) is 1. The zero-order valence-corrected chi connectivity index (χ0v) is 9.53. The van der Waals surface area contributed by atoms with E-state index in [-0.39, 0.29) is 0 Å². The van der Waals surface area contributed by atoms with E-state index in [9.17, 15) is 0 Å². The molecule has 0 unspecified atom stereocenters. The van der Waals surface area contributed by atoms with Crippen LogP contribution in [0.3, 0.4) is 0 Å². The van der Waals surface area contributed by atoms with Crippen LogP contribution in [0.2, 0.25) is 0 Å². The molecule has 2 rings (SSSR count). The molecule has 15 heavy (non-hydrogen) atoms. The third kappa shape index (κ3) is 1.77. The number of nitrogens with zero attached hydrogens (tertiary/aromatic N) is 1. The first-order valence-corrected chi connectivity index (χ1v) is 5.32. The SMILES string of the molecule is COCc1cc2ccccc2n1C(C)C. The minimum absolute atomic E-state index is 0.468. The quantitative estimate of drug-likeness (QED) is 0.746. The lowest BCUT2D eigenvalue weighted by Crippen LogP contribution is -2.05. The van der Waals surface area contributed by atoms with Gasteiger partial charge in [-0.3, -0.25) is 0 Å². The number of benzene rings is 1. The van der Waals surface area contributed by atoms with E-state index in [0.29, 0.717) is 12.6 Å². The van der Waals surface area contributed by atoms with E-state index < -0.39 is 0 Å². The molecule has 1 aromatic carbocycles. The molecule has 0 aliphatic rings. The summed E-state index contributed by atoms with van der Waals surface area (Å²) in [6, 6.07) is 11.1. The molecule has 0 saturated carbocycles. The molecule has 0 N–H and O–H groups in total. The van der Waals surface area contributed by atoms with Crippen LogP contribution in [0.5, 0.6) is 0 Å². The Labute approximate surface area is 90.5 Å². The van der Waals surface area contributed by atoms with Crippen LogP contribution in [0.15, 0.2) is 30.3 Å². The predicted octanol–water partition coefficient (Wildman–Crippen LogP) is 3.37. The molecule has 0 spiro atoms. The van der Waals surface area contributed by atoms with Gasteiger partial charge in [0.25, 0.3) is 0 Å². The number of para-hydroxylation sites is 1. The summed E-state index contributed by atoms with van der Waals surface area (Å²) >= 11 is 0. The molecule has 2 nitrogen and oxygen atoms in total. The first-order chi connectivity index (χ1) is 7.24. The molecule has 2 aromatic rings. The van der Waals surface area contributed by atoms with Crippen molar-refractivity contribution in [3.63, 3.8) is 0 Å². The molecular weight excluding hydrogens is 186 g/mol. The van der Waals surface area contributed by atoms with Crippen molar-refractivity contribution < 1.29 is 4.74 Å². The molecule has 0 atom stereocenters. The van der Waals surface area contributed by atoms with Gasteiger partial charge in [0, 0.05) is 24.4 Å².